The molecule has 0 unspecified atom stereocenters. The van der Waals surface area contributed by atoms with Gasteiger partial charge in [-0.15, -0.1) is 0 Å². The van der Waals surface area contributed by atoms with Crippen LogP contribution >= 0.6 is 0 Å². The SMILES string of the molecule is CCCCCCCCCCCCOC(=O)CN(CC(=O)OCCCCCCCCCC)C(=O)OCCN(CCOC(=O)N(CC(=O)OCCCCCCCCCC)CC(=O)OCCCCCCCCCCCC)CCN(CC)CC. The van der Waals surface area contributed by atoms with Crippen molar-refractivity contribution >= 4 is 36.1 Å². The average Bonchev–Trinajstić information content (AvgIpc) is 3.44. The predicted molar refractivity (Wildman–Crippen MR) is 323 cm³/mol. The molecule has 0 rings (SSSR count). The van der Waals surface area contributed by atoms with Crippen LogP contribution in [0.15, 0.2) is 0 Å². The van der Waals surface area contributed by atoms with E-state index in [1.165, 1.54) is 128 Å². The summed E-state index contributed by atoms with van der Waals surface area (Å²) in [5, 5.41) is 0. The van der Waals surface area contributed by atoms with Gasteiger partial charge in [-0.25, -0.2) is 9.59 Å². The van der Waals surface area contributed by atoms with Crippen LogP contribution in [0.4, 0.5) is 9.59 Å². The highest BCUT2D eigenvalue weighted by atomic mass is 16.6. The summed E-state index contributed by atoms with van der Waals surface area (Å²) in [5.74, 6) is -2.49. The molecule has 0 radical (unpaired) electrons. The average molecular weight is 1140 g/mol. The Morgan fingerprint density at radius 1 is 0.237 bits per heavy atom. The van der Waals surface area contributed by atoms with E-state index >= 15 is 0 Å². The molecule has 0 aliphatic rings. The van der Waals surface area contributed by atoms with Crippen LogP contribution in [0.1, 0.15) is 273 Å². The van der Waals surface area contributed by atoms with Crippen molar-refractivity contribution in [3.63, 3.8) is 0 Å². The predicted octanol–water partition coefficient (Wildman–Crippen LogP) is 14.8. The van der Waals surface area contributed by atoms with Crippen LogP contribution in [0.25, 0.3) is 0 Å². The fourth-order valence-corrected chi connectivity index (χ4v) is 9.44. The molecule has 80 heavy (non-hydrogen) atoms. The van der Waals surface area contributed by atoms with E-state index in [1.54, 1.807) is 0 Å². The Labute approximate surface area is 488 Å². The molecule has 0 aromatic carbocycles. The maximum absolute atomic E-state index is 13.6. The van der Waals surface area contributed by atoms with E-state index in [0.29, 0.717) is 13.1 Å². The molecule has 0 fully saturated rings. The highest BCUT2D eigenvalue weighted by Crippen LogP contribution is 2.14. The number of nitrogens with zero attached hydrogens (tertiary/aromatic N) is 4. The molecule has 0 spiro atoms. The van der Waals surface area contributed by atoms with E-state index in [0.717, 1.165) is 126 Å². The summed E-state index contributed by atoms with van der Waals surface area (Å²) in [7, 11) is 0. The maximum Gasteiger partial charge on any atom is 0.410 e. The van der Waals surface area contributed by atoms with E-state index in [4.69, 9.17) is 28.4 Å². The topological polar surface area (TPSA) is 171 Å². The van der Waals surface area contributed by atoms with Gasteiger partial charge in [-0.3, -0.25) is 33.9 Å². The van der Waals surface area contributed by atoms with Gasteiger partial charge in [0.1, 0.15) is 39.4 Å². The summed E-state index contributed by atoms with van der Waals surface area (Å²) in [6.07, 6.45) is 38.9. The van der Waals surface area contributed by atoms with Crippen LogP contribution in [0.3, 0.4) is 0 Å². The van der Waals surface area contributed by atoms with Gasteiger partial charge >= 0.3 is 36.1 Å². The van der Waals surface area contributed by atoms with Gasteiger partial charge in [-0.2, -0.15) is 0 Å². The van der Waals surface area contributed by atoms with Crippen LogP contribution < -0.4 is 0 Å². The van der Waals surface area contributed by atoms with E-state index in [-0.39, 0.29) is 52.7 Å². The number of ether oxygens (including phenoxy) is 6. The number of carbonyl (C=O) groups is 6. The third-order valence-electron chi connectivity index (χ3n) is 14.7. The van der Waals surface area contributed by atoms with Gasteiger partial charge in [0, 0.05) is 26.2 Å². The minimum absolute atomic E-state index is 0.0792. The molecule has 0 N–H and O–H groups in total. The van der Waals surface area contributed by atoms with Crippen molar-refractivity contribution in [3.05, 3.63) is 0 Å². The molecular formula is C64H122N4O12. The number of unbranched alkanes of at least 4 members (excludes halogenated alkanes) is 32. The largest absolute Gasteiger partial charge is 0.464 e. The van der Waals surface area contributed by atoms with Crippen molar-refractivity contribution in [2.24, 2.45) is 0 Å². The molecule has 0 atom stereocenters. The molecule has 0 aliphatic carbocycles. The van der Waals surface area contributed by atoms with Gasteiger partial charge in [0.25, 0.3) is 0 Å². The Morgan fingerprint density at radius 3 is 0.675 bits per heavy atom. The second-order valence-corrected chi connectivity index (χ2v) is 22.0. The lowest BCUT2D eigenvalue weighted by Crippen LogP contribution is -2.43. The fraction of sp³-hybridized carbons (Fsp3) is 0.906. The summed E-state index contributed by atoms with van der Waals surface area (Å²) in [6, 6.07) is 0. The Morgan fingerprint density at radius 2 is 0.450 bits per heavy atom. The van der Waals surface area contributed by atoms with Gasteiger partial charge in [0.05, 0.1) is 26.4 Å². The van der Waals surface area contributed by atoms with E-state index < -0.39 is 62.2 Å². The monoisotopic (exact) mass is 1140 g/mol. The number of hydrogen-bond donors (Lipinski definition) is 0. The van der Waals surface area contributed by atoms with Crippen molar-refractivity contribution in [3.8, 4) is 0 Å². The van der Waals surface area contributed by atoms with Crippen LogP contribution in [-0.4, -0.2) is 161 Å². The Bertz CT molecular complexity index is 1370. The summed E-state index contributed by atoms with van der Waals surface area (Å²) < 4.78 is 33.5. The highest BCUT2D eigenvalue weighted by Gasteiger charge is 2.26. The van der Waals surface area contributed by atoms with Crippen molar-refractivity contribution in [2.45, 2.75) is 273 Å². The van der Waals surface area contributed by atoms with Crippen molar-refractivity contribution in [1.29, 1.82) is 0 Å². The zero-order valence-corrected chi connectivity index (χ0v) is 52.5. The fourth-order valence-electron chi connectivity index (χ4n) is 9.44. The lowest BCUT2D eigenvalue weighted by atomic mass is 10.1. The zero-order chi connectivity index (χ0) is 58.8. The van der Waals surface area contributed by atoms with Gasteiger partial charge in [-0.1, -0.05) is 247 Å². The second-order valence-electron chi connectivity index (χ2n) is 22.0. The van der Waals surface area contributed by atoms with Crippen molar-refractivity contribution in [1.82, 2.24) is 19.6 Å². The van der Waals surface area contributed by atoms with E-state index in [9.17, 15) is 28.8 Å². The lowest BCUT2D eigenvalue weighted by Gasteiger charge is -2.27. The quantitative estimate of drug-likeness (QED) is 0.0320. The van der Waals surface area contributed by atoms with Gasteiger partial charge in [0.15, 0.2) is 0 Å². The van der Waals surface area contributed by atoms with Crippen LogP contribution in [0.2, 0.25) is 0 Å². The molecule has 470 valence electrons. The van der Waals surface area contributed by atoms with Crippen molar-refractivity contribution in [2.75, 3.05) is 105 Å². The molecule has 0 saturated carbocycles. The van der Waals surface area contributed by atoms with Gasteiger partial charge < -0.3 is 33.3 Å². The van der Waals surface area contributed by atoms with Gasteiger partial charge in [0.2, 0.25) is 0 Å². The normalized spacial score (nSPS) is 11.2. The van der Waals surface area contributed by atoms with E-state index in [1.807, 2.05) is 4.90 Å². The number of carbonyl (C=O) groups excluding carboxylic acids is 6. The molecular weight excluding hydrogens is 1020 g/mol. The van der Waals surface area contributed by atoms with E-state index in [2.05, 4.69) is 46.4 Å². The minimum atomic E-state index is -0.843. The number of likely N-dealkylation sites (N-methyl/N-ethyl adjacent to an activating group) is 1. The molecule has 0 bridgehead atoms. The lowest BCUT2D eigenvalue weighted by molar-refractivity contribution is -0.149. The molecule has 16 heteroatoms. The van der Waals surface area contributed by atoms with Crippen molar-refractivity contribution < 1.29 is 57.2 Å². The summed E-state index contributed by atoms with van der Waals surface area (Å²) in [6.45, 7) is 15.4. The molecule has 0 aliphatic heterocycles. The number of esters is 4. The Kier molecular flexibility index (Phi) is 55.9. The Balaban J connectivity index is 5.65. The molecule has 0 aromatic heterocycles. The molecule has 0 aromatic rings. The first-order valence-electron chi connectivity index (χ1n) is 32.9. The smallest absolute Gasteiger partial charge is 0.410 e. The number of rotatable bonds is 59. The highest BCUT2D eigenvalue weighted by molar-refractivity contribution is 5.83. The standard InChI is InChI=1S/C64H122N4O12/c1-7-13-17-21-25-29-31-35-39-43-51-77-61(71)57-67(55-59(69)75-49-41-37-33-27-23-19-15-9-3)63(73)79-53-47-66(46-45-65(11-5)12-6)48-54-80-64(74)68(56-60(70)76-50-42-38-34-28-24-20-16-10-4)58-62(72)78-52-44-40-36-32-30-26-22-18-14-8-2/h7-58H2,1-6H3. The number of hydrogen-bond acceptors (Lipinski definition) is 14. The number of amides is 2. The third kappa shape index (κ3) is 50.1. The summed E-state index contributed by atoms with van der Waals surface area (Å²) in [5.41, 5.74) is 0. The minimum Gasteiger partial charge on any atom is -0.464 e. The molecule has 2 amide bonds. The maximum atomic E-state index is 13.6. The third-order valence-corrected chi connectivity index (χ3v) is 14.7. The van der Waals surface area contributed by atoms with Gasteiger partial charge in [-0.05, 0) is 38.8 Å². The molecule has 0 saturated heterocycles. The molecule has 16 nitrogen and oxygen atoms in total. The van der Waals surface area contributed by atoms with Crippen LogP contribution in [0.5, 0.6) is 0 Å². The Hall–Kier alpha value is -3.66. The molecule has 0 heterocycles. The first-order chi connectivity index (χ1) is 39.0. The first-order valence-corrected chi connectivity index (χ1v) is 32.9. The summed E-state index contributed by atoms with van der Waals surface area (Å²) in [4.78, 5) is 85.8. The second kappa shape index (κ2) is 58.5. The summed E-state index contributed by atoms with van der Waals surface area (Å²) >= 11 is 0. The first kappa shape index (κ1) is 76.3. The van der Waals surface area contributed by atoms with Crippen LogP contribution in [0, 0.1) is 0 Å². The zero-order valence-electron chi connectivity index (χ0n) is 52.5. The van der Waals surface area contributed by atoms with Crippen LogP contribution in [-0.2, 0) is 47.6 Å².